The summed E-state index contributed by atoms with van der Waals surface area (Å²) in [5.41, 5.74) is 17.9. The van der Waals surface area contributed by atoms with Gasteiger partial charge in [-0.05, 0) is 87.3 Å². The van der Waals surface area contributed by atoms with E-state index in [9.17, 15) is 5.11 Å². The molecule has 0 spiro atoms. The molecule has 0 aliphatic rings. The largest absolute Gasteiger partial charge is 0.507 e. The Morgan fingerprint density at radius 2 is 0.877 bits per heavy atom. The van der Waals surface area contributed by atoms with Gasteiger partial charge < -0.3 is 5.11 Å². The first-order chi connectivity index (χ1) is 32.2. The Bertz CT molecular complexity index is 3380. The summed E-state index contributed by atoms with van der Waals surface area (Å²) in [6.07, 6.45) is 2.65. The lowest BCUT2D eigenvalue weighted by molar-refractivity contribution is 0.479. The summed E-state index contributed by atoms with van der Waals surface area (Å²) >= 11 is 0. The van der Waals surface area contributed by atoms with Crippen LogP contribution in [0.5, 0.6) is 5.75 Å². The standard InChI is InChI=1S/C61H43N3O/c65-60-54(47-27-14-5-15-28-47)32-17-33-55(60)61-63-58-51(29-18-34-57(58)64(61)59-52(45-23-10-3-11-24-45)30-16-31-53(59)46-25-12-4-13-26-46)49-38-43(37-42-19-6-1-7-20-42)39-50(40-49)56-41-48(35-36-62-56)44-21-8-2-9-22-44/h1-36,38-41,65H,37H2. The molecule has 9 aromatic carbocycles. The molecular weight excluding hydrogens is 791 g/mol. The predicted molar refractivity (Wildman–Crippen MR) is 268 cm³/mol. The molecule has 0 amide bonds. The number of phenols is 1. The number of para-hydroxylation sites is 3. The molecule has 4 nitrogen and oxygen atoms in total. The molecule has 0 bridgehead atoms. The molecule has 0 aliphatic carbocycles. The number of aromatic nitrogens is 3. The van der Waals surface area contributed by atoms with Crippen LogP contribution >= 0.6 is 0 Å². The van der Waals surface area contributed by atoms with Crippen LogP contribution in [-0.4, -0.2) is 19.6 Å². The van der Waals surface area contributed by atoms with Crippen molar-refractivity contribution >= 4 is 11.0 Å². The zero-order valence-electron chi connectivity index (χ0n) is 35.6. The zero-order chi connectivity index (χ0) is 43.5. The molecular formula is C61H43N3O. The quantitative estimate of drug-likeness (QED) is 0.149. The fourth-order valence-corrected chi connectivity index (χ4v) is 9.13. The van der Waals surface area contributed by atoms with Crippen LogP contribution in [0.4, 0.5) is 0 Å². The van der Waals surface area contributed by atoms with Crippen molar-refractivity contribution < 1.29 is 5.11 Å². The minimum absolute atomic E-state index is 0.173. The van der Waals surface area contributed by atoms with E-state index in [1.807, 2.05) is 60.8 Å². The Hall–Kier alpha value is -8.60. The zero-order valence-corrected chi connectivity index (χ0v) is 35.6. The maximum absolute atomic E-state index is 12.4. The summed E-state index contributed by atoms with van der Waals surface area (Å²) in [4.78, 5) is 10.6. The minimum Gasteiger partial charge on any atom is -0.507 e. The Balaban J connectivity index is 1.20. The van der Waals surface area contributed by atoms with Crippen molar-refractivity contribution in [2.75, 3.05) is 0 Å². The highest BCUT2D eigenvalue weighted by Gasteiger charge is 2.25. The maximum Gasteiger partial charge on any atom is 0.149 e. The number of nitrogens with zero attached hydrogens (tertiary/aromatic N) is 3. The normalized spacial score (nSPS) is 11.2. The van der Waals surface area contributed by atoms with Crippen molar-refractivity contribution in [2.45, 2.75) is 6.42 Å². The molecule has 1 N–H and O–H groups in total. The smallest absolute Gasteiger partial charge is 0.149 e. The van der Waals surface area contributed by atoms with Crippen LogP contribution in [0.2, 0.25) is 0 Å². The second-order valence-corrected chi connectivity index (χ2v) is 16.3. The molecule has 2 aromatic heterocycles. The van der Waals surface area contributed by atoms with E-state index in [0.29, 0.717) is 11.4 Å². The van der Waals surface area contributed by atoms with E-state index in [1.165, 1.54) is 11.1 Å². The van der Waals surface area contributed by atoms with Crippen molar-refractivity contribution in [3.05, 3.63) is 254 Å². The fraction of sp³-hybridized carbons (Fsp3) is 0.0164. The SMILES string of the molecule is Oc1c(-c2ccccc2)cccc1-c1nc2c(-c3cc(Cc4ccccc4)cc(-c4cc(-c5ccccc5)ccn4)c3)cccc2n1-c1c(-c2ccccc2)cccc1-c1ccccc1. The first-order valence-corrected chi connectivity index (χ1v) is 22.0. The Kier molecular flexibility index (Phi) is 10.4. The van der Waals surface area contributed by atoms with Gasteiger partial charge in [0.25, 0.3) is 0 Å². The van der Waals surface area contributed by atoms with Crippen LogP contribution in [0, 0.1) is 0 Å². The van der Waals surface area contributed by atoms with Gasteiger partial charge in [0.15, 0.2) is 0 Å². The molecule has 308 valence electrons. The van der Waals surface area contributed by atoms with Gasteiger partial charge in [-0.15, -0.1) is 0 Å². The summed E-state index contributed by atoms with van der Waals surface area (Å²) in [7, 11) is 0. The number of hydrogen-bond acceptors (Lipinski definition) is 3. The molecule has 0 aliphatic heterocycles. The van der Waals surface area contributed by atoms with Crippen molar-refractivity contribution in [1.29, 1.82) is 0 Å². The van der Waals surface area contributed by atoms with Crippen molar-refractivity contribution in [3.63, 3.8) is 0 Å². The summed E-state index contributed by atoms with van der Waals surface area (Å²) in [5, 5.41) is 12.4. The molecule has 2 heterocycles. The van der Waals surface area contributed by atoms with E-state index in [-0.39, 0.29) is 5.75 Å². The van der Waals surface area contributed by atoms with Gasteiger partial charge in [-0.3, -0.25) is 9.55 Å². The summed E-state index contributed by atoms with van der Waals surface area (Å²) in [6, 6.07) is 82.2. The number of aromatic hydroxyl groups is 1. The molecule has 0 atom stereocenters. The van der Waals surface area contributed by atoms with Crippen molar-refractivity contribution in [2.24, 2.45) is 0 Å². The van der Waals surface area contributed by atoms with Gasteiger partial charge in [-0.1, -0.05) is 200 Å². The van der Waals surface area contributed by atoms with Gasteiger partial charge >= 0.3 is 0 Å². The van der Waals surface area contributed by atoms with E-state index in [4.69, 9.17) is 9.97 Å². The number of benzene rings is 9. The monoisotopic (exact) mass is 833 g/mol. The van der Waals surface area contributed by atoms with Crippen LogP contribution < -0.4 is 0 Å². The average Bonchev–Trinajstić information content (AvgIpc) is 3.77. The maximum atomic E-state index is 12.4. The first kappa shape index (κ1) is 39.3. The third-order valence-corrected chi connectivity index (χ3v) is 12.2. The van der Waals surface area contributed by atoms with Crippen molar-refractivity contribution in [1.82, 2.24) is 14.5 Å². The number of imidazole rings is 1. The summed E-state index contributed by atoms with van der Waals surface area (Å²) < 4.78 is 2.27. The van der Waals surface area contributed by atoms with Gasteiger partial charge in [-0.25, -0.2) is 4.98 Å². The molecule has 11 aromatic rings. The van der Waals surface area contributed by atoms with Gasteiger partial charge in [-0.2, -0.15) is 0 Å². The van der Waals surface area contributed by atoms with Crippen LogP contribution in [0.1, 0.15) is 11.1 Å². The summed E-state index contributed by atoms with van der Waals surface area (Å²) in [5.74, 6) is 0.813. The predicted octanol–water partition coefficient (Wildman–Crippen LogP) is 15.4. The van der Waals surface area contributed by atoms with E-state index in [0.717, 1.165) is 90.0 Å². The Labute approximate surface area is 379 Å². The fourth-order valence-electron chi connectivity index (χ4n) is 9.13. The van der Waals surface area contributed by atoms with Crippen LogP contribution in [-0.2, 0) is 6.42 Å². The highest BCUT2D eigenvalue weighted by molar-refractivity contribution is 6.00. The highest BCUT2D eigenvalue weighted by Crippen LogP contribution is 2.45. The topological polar surface area (TPSA) is 50.9 Å². The number of fused-ring (bicyclic) bond motifs is 1. The lowest BCUT2D eigenvalue weighted by Crippen LogP contribution is -2.03. The third-order valence-electron chi connectivity index (χ3n) is 12.2. The van der Waals surface area contributed by atoms with Crippen LogP contribution in [0.25, 0.3) is 95.0 Å². The molecule has 65 heavy (non-hydrogen) atoms. The molecule has 0 radical (unpaired) electrons. The van der Waals surface area contributed by atoms with Crippen molar-refractivity contribution in [3.8, 4) is 89.7 Å². The molecule has 11 rings (SSSR count). The highest BCUT2D eigenvalue weighted by atomic mass is 16.3. The molecule has 4 heteroatoms. The molecule has 0 unspecified atom stereocenters. The Morgan fingerprint density at radius 3 is 1.51 bits per heavy atom. The van der Waals surface area contributed by atoms with Gasteiger partial charge in [0.1, 0.15) is 11.6 Å². The number of hydrogen-bond donors (Lipinski definition) is 1. The first-order valence-electron chi connectivity index (χ1n) is 22.0. The van der Waals surface area contributed by atoms with Crippen LogP contribution in [0.15, 0.2) is 243 Å². The summed E-state index contributed by atoms with van der Waals surface area (Å²) in [6.45, 7) is 0. The van der Waals surface area contributed by atoms with E-state index < -0.39 is 0 Å². The third kappa shape index (κ3) is 7.68. The molecule has 0 saturated carbocycles. The second kappa shape index (κ2) is 17.3. The lowest BCUT2D eigenvalue weighted by Gasteiger charge is -2.20. The van der Waals surface area contributed by atoms with E-state index in [2.05, 4.69) is 187 Å². The van der Waals surface area contributed by atoms with Crippen LogP contribution in [0.3, 0.4) is 0 Å². The average molecular weight is 834 g/mol. The minimum atomic E-state index is 0.173. The lowest BCUT2D eigenvalue weighted by atomic mass is 9.93. The van der Waals surface area contributed by atoms with Gasteiger partial charge in [0.2, 0.25) is 0 Å². The molecule has 0 saturated heterocycles. The van der Waals surface area contributed by atoms with Gasteiger partial charge in [0, 0.05) is 34.0 Å². The van der Waals surface area contributed by atoms with E-state index >= 15 is 0 Å². The number of pyridine rings is 1. The van der Waals surface area contributed by atoms with E-state index in [1.54, 1.807) is 0 Å². The molecule has 0 fully saturated rings. The Morgan fingerprint density at radius 1 is 0.369 bits per heavy atom. The second-order valence-electron chi connectivity index (χ2n) is 16.3. The van der Waals surface area contributed by atoms with Gasteiger partial charge in [0.05, 0.1) is 28.0 Å². The number of rotatable bonds is 10. The number of phenolic OH excluding ortho intramolecular Hbond substituents is 1.